The Bertz CT molecular complexity index is 1520. The molecule has 0 aromatic heterocycles. The van der Waals surface area contributed by atoms with Crippen molar-refractivity contribution in [1.82, 2.24) is 0 Å². The topological polar surface area (TPSA) is 0 Å². The average molecular weight is 569 g/mol. The van der Waals surface area contributed by atoms with Crippen molar-refractivity contribution in [2.45, 2.75) is 64.2 Å². The Morgan fingerprint density at radius 2 is 0.791 bits per heavy atom. The third-order valence-corrected chi connectivity index (χ3v) is 25.4. The van der Waals surface area contributed by atoms with E-state index in [0.29, 0.717) is 0 Å². The highest BCUT2D eigenvalue weighted by atomic mass is 15.0. The third kappa shape index (κ3) is 1.52. The van der Waals surface area contributed by atoms with E-state index in [1.165, 1.54) is 189 Å². The molecule has 0 nitrogen and oxygen atoms in total. The zero-order valence-electron chi connectivity index (χ0n) is 26.0. The van der Waals surface area contributed by atoms with E-state index in [-0.39, 0.29) is 0 Å². The number of hydrogen-bond acceptors (Lipinski definition) is 0. The highest BCUT2D eigenvalue weighted by molar-refractivity contribution is 5.40. The molecule has 18 fully saturated rings. The minimum absolute atomic E-state index is 0.942. The fraction of sp³-hybridized carbons (Fsp3) is 1.00. The third-order valence-electron chi connectivity index (χ3n) is 25.4. The first kappa shape index (κ1) is 21.1. The second kappa shape index (κ2) is 5.63. The van der Waals surface area contributed by atoms with Gasteiger partial charge in [-0.1, -0.05) is 0 Å². The monoisotopic (exact) mass is 568 g/mol. The Kier molecular flexibility index (Phi) is 2.76. The lowest BCUT2D eigenvalue weighted by Gasteiger charge is -2.73. The highest BCUT2D eigenvalue weighted by Gasteiger charge is 2.93. The molecule has 33 atom stereocenters. The fourth-order valence-corrected chi connectivity index (χ4v) is 27.7. The van der Waals surface area contributed by atoms with Gasteiger partial charge in [-0.25, -0.2) is 0 Å². The molecule has 18 saturated carbocycles. The Balaban J connectivity index is 1.02. The van der Waals surface area contributed by atoms with Crippen molar-refractivity contribution in [3.8, 4) is 0 Å². The normalized spacial score (nSPS) is 90.4. The summed E-state index contributed by atoms with van der Waals surface area (Å²) in [6, 6.07) is 0. The smallest absolute Gasteiger partial charge is 0.0170 e. The van der Waals surface area contributed by atoms with Gasteiger partial charge in [0.1, 0.15) is 0 Å². The molecule has 1 spiro atoms. The van der Waals surface area contributed by atoms with E-state index in [4.69, 9.17) is 0 Å². The van der Waals surface area contributed by atoms with E-state index >= 15 is 0 Å². The van der Waals surface area contributed by atoms with Crippen molar-refractivity contribution in [3.05, 3.63) is 0 Å². The molecule has 0 N–H and O–H groups in total. The molecule has 0 bridgehead atoms. The molecule has 0 aliphatic heterocycles. The first-order valence-corrected chi connectivity index (χ1v) is 21.4. The van der Waals surface area contributed by atoms with Gasteiger partial charge in [0.25, 0.3) is 0 Å². The van der Waals surface area contributed by atoms with Crippen LogP contribution in [0.5, 0.6) is 0 Å². The minimum atomic E-state index is 0.942. The minimum Gasteiger partial charge on any atom is -0.0499 e. The maximum Gasteiger partial charge on any atom is -0.0170 e. The van der Waals surface area contributed by atoms with E-state index in [9.17, 15) is 0 Å². The van der Waals surface area contributed by atoms with Crippen LogP contribution in [0.15, 0.2) is 0 Å². The standard InChI is InChI=1S/C43H52/c1-2-16-17-3-4-18-21-10-15-9-20-19-8-14-7-13-6-12-5-11(1)22-26(16)33-27(17)29(18)42-40-37(33)35-30(22)25(12)31-23(13)24(14)32-28(19)39(41(20)43(15,21)42)38(40)36(32)34(31)35/h11-42H,1-10H2. The van der Waals surface area contributed by atoms with E-state index in [1.54, 1.807) is 64.2 Å². The maximum absolute atomic E-state index is 1.79. The van der Waals surface area contributed by atoms with Gasteiger partial charge in [-0.15, -0.1) is 0 Å². The molecule has 224 valence electrons. The number of hydrogen-bond donors (Lipinski definition) is 0. The van der Waals surface area contributed by atoms with Crippen molar-refractivity contribution in [1.29, 1.82) is 0 Å². The van der Waals surface area contributed by atoms with Gasteiger partial charge in [-0.3, -0.25) is 0 Å². The van der Waals surface area contributed by atoms with Crippen LogP contribution in [0.25, 0.3) is 0 Å². The van der Waals surface area contributed by atoms with E-state index in [2.05, 4.69) is 0 Å². The van der Waals surface area contributed by atoms with Crippen LogP contribution in [0.3, 0.4) is 0 Å². The Morgan fingerprint density at radius 1 is 0.279 bits per heavy atom. The summed E-state index contributed by atoms with van der Waals surface area (Å²) in [6.07, 6.45) is 17.5. The van der Waals surface area contributed by atoms with E-state index < -0.39 is 0 Å². The summed E-state index contributed by atoms with van der Waals surface area (Å²) in [6.45, 7) is 0. The van der Waals surface area contributed by atoms with Crippen molar-refractivity contribution in [3.63, 3.8) is 0 Å². The molecule has 0 saturated heterocycles. The molecule has 18 aliphatic carbocycles. The molecular weight excluding hydrogens is 516 g/mol. The average Bonchev–Trinajstić information content (AvgIpc) is 3.84. The molecule has 0 amide bonds. The van der Waals surface area contributed by atoms with Crippen LogP contribution in [0.2, 0.25) is 0 Å². The van der Waals surface area contributed by atoms with E-state index in [1.807, 2.05) is 0 Å². The summed E-state index contributed by atoms with van der Waals surface area (Å²) in [7, 11) is 0. The summed E-state index contributed by atoms with van der Waals surface area (Å²) < 4.78 is 0. The molecule has 43 heavy (non-hydrogen) atoms. The lowest BCUT2D eigenvalue weighted by atomic mass is 9.31. The van der Waals surface area contributed by atoms with Gasteiger partial charge >= 0.3 is 0 Å². The fourth-order valence-electron chi connectivity index (χ4n) is 27.7. The van der Waals surface area contributed by atoms with Gasteiger partial charge in [-0.2, -0.15) is 0 Å². The molecule has 0 heterocycles. The summed E-state index contributed by atoms with van der Waals surface area (Å²) in [5.74, 6) is 40.4. The van der Waals surface area contributed by atoms with Gasteiger partial charge in [0.15, 0.2) is 0 Å². The molecular formula is C43H52. The lowest BCUT2D eigenvalue weighted by Crippen LogP contribution is -2.69. The van der Waals surface area contributed by atoms with Crippen LogP contribution in [0.4, 0.5) is 0 Å². The number of fused-ring (bicyclic) bond motifs is 3. The van der Waals surface area contributed by atoms with Crippen LogP contribution >= 0.6 is 0 Å². The summed E-state index contributed by atoms with van der Waals surface area (Å²) in [4.78, 5) is 0. The molecule has 0 aromatic carbocycles. The first-order chi connectivity index (χ1) is 21.4. The summed E-state index contributed by atoms with van der Waals surface area (Å²) in [5, 5.41) is 0. The predicted octanol–water partition coefficient (Wildman–Crippen LogP) is 7.84. The van der Waals surface area contributed by atoms with Crippen molar-refractivity contribution >= 4 is 0 Å². The quantitative estimate of drug-likeness (QED) is 0.279. The molecule has 33 unspecified atom stereocenters. The Morgan fingerprint density at radius 3 is 1.63 bits per heavy atom. The van der Waals surface area contributed by atoms with Crippen LogP contribution < -0.4 is 0 Å². The SMILES string of the molecule is C1CC2C3CCC4C5C3C3C2C2C1CC1CC6CC7CC8C9CC%10CC4C%104C9C9C8C8C7C6C6C1C2C1C6C8C9C(C31)C54. The second-order valence-corrected chi connectivity index (χ2v) is 23.3. The molecule has 18 aliphatic rings. The molecule has 0 heteroatoms. The Hall–Kier alpha value is 0. The molecule has 0 radical (unpaired) electrons. The van der Waals surface area contributed by atoms with Gasteiger partial charge in [0.05, 0.1) is 0 Å². The molecule has 0 aromatic rings. The van der Waals surface area contributed by atoms with Gasteiger partial charge in [0, 0.05) is 0 Å². The lowest BCUT2D eigenvalue weighted by molar-refractivity contribution is -0.262. The summed E-state index contributed by atoms with van der Waals surface area (Å²) >= 11 is 0. The zero-order chi connectivity index (χ0) is 26.0. The summed E-state index contributed by atoms with van der Waals surface area (Å²) in [5.41, 5.74) is 0.942. The highest BCUT2D eigenvalue weighted by Crippen LogP contribution is 2.97. The van der Waals surface area contributed by atoms with Crippen LogP contribution in [-0.2, 0) is 0 Å². The second-order valence-electron chi connectivity index (χ2n) is 23.3. The number of rotatable bonds is 0. The first-order valence-electron chi connectivity index (χ1n) is 21.4. The van der Waals surface area contributed by atoms with Gasteiger partial charge in [0.2, 0.25) is 0 Å². The van der Waals surface area contributed by atoms with Crippen LogP contribution in [0, 0.1) is 195 Å². The predicted molar refractivity (Wildman–Crippen MR) is 160 cm³/mol. The van der Waals surface area contributed by atoms with Crippen molar-refractivity contribution < 1.29 is 0 Å². The van der Waals surface area contributed by atoms with E-state index in [0.717, 1.165) is 5.41 Å². The Labute approximate surface area is 258 Å². The molecule has 18 rings (SSSR count). The maximum atomic E-state index is 1.79. The van der Waals surface area contributed by atoms with Crippen molar-refractivity contribution in [2.24, 2.45) is 195 Å². The largest absolute Gasteiger partial charge is 0.0499 e. The van der Waals surface area contributed by atoms with Crippen molar-refractivity contribution in [2.75, 3.05) is 0 Å². The zero-order valence-corrected chi connectivity index (χ0v) is 26.0. The van der Waals surface area contributed by atoms with Gasteiger partial charge in [-0.05, 0) is 259 Å². The van der Waals surface area contributed by atoms with Crippen LogP contribution in [0.1, 0.15) is 64.2 Å². The van der Waals surface area contributed by atoms with Crippen LogP contribution in [-0.4, -0.2) is 0 Å². The van der Waals surface area contributed by atoms with Gasteiger partial charge < -0.3 is 0 Å².